The number of rotatable bonds is 3. The van der Waals surface area contributed by atoms with Crippen LogP contribution in [0.5, 0.6) is 0 Å². The summed E-state index contributed by atoms with van der Waals surface area (Å²) in [6, 6.07) is 4.21. The summed E-state index contributed by atoms with van der Waals surface area (Å²) in [7, 11) is 0. The van der Waals surface area contributed by atoms with Gasteiger partial charge in [0.25, 0.3) is 0 Å². The minimum atomic E-state index is -0.429. The number of hydrogen-bond acceptors (Lipinski definition) is 3. The minimum absolute atomic E-state index is 0.0950. The zero-order valence-electron chi connectivity index (χ0n) is 10.5. The van der Waals surface area contributed by atoms with E-state index in [2.05, 4.69) is 11.9 Å². The molecule has 1 aliphatic carbocycles. The Bertz CT molecular complexity index is 622. The van der Waals surface area contributed by atoms with Crippen LogP contribution in [-0.2, 0) is 5.41 Å². The zero-order valence-corrected chi connectivity index (χ0v) is 12.1. The molecule has 1 aromatic heterocycles. The van der Waals surface area contributed by atoms with Crippen LogP contribution in [-0.4, -0.2) is 4.98 Å². The normalized spacial score (nSPS) is 18.3. The number of thiazole rings is 1. The first-order valence-corrected chi connectivity index (χ1v) is 7.42. The first-order valence-electron chi connectivity index (χ1n) is 6.16. The maximum absolute atomic E-state index is 13.1. The summed E-state index contributed by atoms with van der Waals surface area (Å²) in [5, 5.41) is 3.23. The van der Waals surface area contributed by atoms with Gasteiger partial charge in [-0.1, -0.05) is 24.6 Å². The summed E-state index contributed by atoms with van der Waals surface area (Å²) in [6.07, 6.45) is 2.38. The molecule has 0 bridgehead atoms. The molecule has 0 radical (unpaired) electrons. The molecular formula is C14H14ClFN2S. The highest BCUT2D eigenvalue weighted by molar-refractivity contribution is 7.09. The molecule has 100 valence electrons. The van der Waals surface area contributed by atoms with Crippen molar-refractivity contribution < 1.29 is 4.39 Å². The molecule has 0 aliphatic heterocycles. The molecule has 1 heterocycles. The lowest BCUT2D eigenvalue weighted by atomic mass is 10.1. The molecule has 3 rings (SSSR count). The quantitative estimate of drug-likeness (QED) is 0.928. The van der Waals surface area contributed by atoms with Gasteiger partial charge in [0.15, 0.2) is 0 Å². The Labute approximate surface area is 120 Å². The molecule has 1 aliphatic rings. The van der Waals surface area contributed by atoms with E-state index in [0.29, 0.717) is 0 Å². The number of nitrogens with two attached hydrogens (primary N) is 1. The van der Waals surface area contributed by atoms with Crippen molar-refractivity contribution in [3.63, 3.8) is 0 Å². The van der Waals surface area contributed by atoms with Gasteiger partial charge in [0.2, 0.25) is 0 Å². The van der Waals surface area contributed by atoms with Crippen molar-refractivity contribution in [1.29, 1.82) is 0 Å². The standard InChI is InChI=1S/C14H14ClFN2S/c1-14(4-5-14)13-18-11(7-19-13)12(17)8-2-3-10(16)9(15)6-8/h2-3,6-7,12H,4-5,17H2,1H3. The molecule has 2 N–H and O–H groups in total. The van der Waals surface area contributed by atoms with Crippen molar-refractivity contribution in [2.45, 2.75) is 31.2 Å². The zero-order chi connectivity index (χ0) is 13.6. The minimum Gasteiger partial charge on any atom is -0.319 e. The van der Waals surface area contributed by atoms with Gasteiger partial charge < -0.3 is 5.73 Å². The van der Waals surface area contributed by atoms with E-state index in [1.54, 1.807) is 23.5 Å². The highest BCUT2D eigenvalue weighted by Crippen LogP contribution is 2.48. The van der Waals surface area contributed by atoms with Crippen molar-refractivity contribution in [2.75, 3.05) is 0 Å². The van der Waals surface area contributed by atoms with E-state index in [0.717, 1.165) is 16.3 Å². The SMILES string of the molecule is CC1(c2nc(C(N)c3ccc(F)c(Cl)c3)cs2)CC1. The fraction of sp³-hybridized carbons (Fsp3) is 0.357. The number of halogens is 2. The van der Waals surface area contributed by atoms with Crippen molar-refractivity contribution in [2.24, 2.45) is 5.73 Å². The Morgan fingerprint density at radius 1 is 1.47 bits per heavy atom. The third kappa shape index (κ3) is 2.40. The molecule has 1 aromatic carbocycles. The van der Waals surface area contributed by atoms with Crippen LogP contribution < -0.4 is 5.73 Å². The monoisotopic (exact) mass is 296 g/mol. The van der Waals surface area contributed by atoms with Crippen LogP contribution in [0.3, 0.4) is 0 Å². The van der Waals surface area contributed by atoms with Crippen molar-refractivity contribution in [1.82, 2.24) is 4.98 Å². The lowest BCUT2D eigenvalue weighted by Crippen LogP contribution is -2.13. The number of benzene rings is 1. The average molecular weight is 297 g/mol. The number of hydrogen-bond donors (Lipinski definition) is 1. The van der Waals surface area contributed by atoms with Gasteiger partial charge in [-0.05, 0) is 30.5 Å². The van der Waals surface area contributed by atoms with Crippen LogP contribution in [0.25, 0.3) is 0 Å². The molecule has 19 heavy (non-hydrogen) atoms. The molecule has 2 aromatic rings. The molecule has 1 unspecified atom stereocenters. The van der Waals surface area contributed by atoms with Crippen LogP contribution >= 0.6 is 22.9 Å². The lowest BCUT2D eigenvalue weighted by Gasteiger charge is -2.10. The molecule has 1 atom stereocenters. The first kappa shape index (κ1) is 13.0. The van der Waals surface area contributed by atoms with Gasteiger partial charge in [0.05, 0.1) is 21.8 Å². The Balaban J connectivity index is 1.88. The molecule has 5 heteroatoms. The van der Waals surface area contributed by atoms with Gasteiger partial charge in [-0.25, -0.2) is 9.37 Å². The maximum Gasteiger partial charge on any atom is 0.141 e. The van der Waals surface area contributed by atoms with Gasteiger partial charge in [0.1, 0.15) is 5.82 Å². The molecule has 0 spiro atoms. The average Bonchev–Trinajstić information content (AvgIpc) is 2.95. The van der Waals surface area contributed by atoms with Gasteiger partial charge in [-0.3, -0.25) is 0 Å². The second kappa shape index (κ2) is 4.54. The molecule has 0 saturated heterocycles. The summed E-state index contributed by atoms with van der Waals surface area (Å²) >= 11 is 7.44. The summed E-state index contributed by atoms with van der Waals surface area (Å²) in [4.78, 5) is 4.63. The van der Waals surface area contributed by atoms with Crippen LogP contribution in [0, 0.1) is 5.82 Å². The predicted octanol–water partition coefficient (Wildman–Crippen LogP) is 4.04. The Hall–Kier alpha value is -0.970. The maximum atomic E-state index is 13.1. The highest BCUT2D eigenvalue weighted by Gasteiger charge is 2.42. The van der Waals surface area contributed by atoms with Crippen molar-refractivity contribution in [3.8, 4) is 0 Å². The van der Waals surface area contributed by atoms with E-state index in [-0.39, 0.29) is 16.5 Å². The van der Waals surface area contributed by atoms with Gasteiger partial charge in [-0.2, -0.15) is 0 Å². The smallest absolute Gasteiger partial charge is 0.141 e. The second-order valence-corrected chi connectivity index (χ2v) is 6.55. The van der Waals surface area contributed by atoms with E-state index >= 15 is 0 Å². The summed E-state index contributed by atoms with van der Waals surface area (Å²) < 4.78 is 13.1. The summed E-state index contributed by atoms with van der Waals surface area (Å²) in [5.74, 6) is -0.429. The Morgan fingerprint density at radius 2 is 2.21 bits per heavy atom. The molecule has 1 fully saturated rings. The fourth-order valence-corrected chi connectivity index (χ4v) is 3.25. The van der Waals surface area contributed by atoms with E-state index in [9.17, 15) is 4.39 Å². The van der Waals surface area contributed by atoms with E-state index < -0.39 is 5.82 Å². The predicted molar refractivity (Wildman–Crippen MR) is 76.1 cm³/mol. The second-order valence-electron chi connectivity index (χ2n) is 5.29. The Morgan fingerprint density at radius 3 is 2.84 bits per heavy atom. The van der Waals surface area contributed by atoms with E-state index in [1.165, 1.54) is 18.9 Å². The summed E-state index contributed by atoms with van der Waals surface area (Å²) in [6.45, 7) is 2.22. The molecular weight excluding hydrogens is 283 g/mol. The van der Waals surface area contributed by atoms with Crippen LogP contribution in [0.2, 0.25) is 5.02 Å². The van der Waals surface area contributed by atoms with Crippen molar-refractivity contribution >= 4 is 22.9 Å². The van der Waals surface area contributed by atoms with Crippen LogP contribution in [0.4, 0.5) is 4.39 Å². The largest absolute Gasteiger partial charge is 0.319 e. The number of nitrogens with zero attached hydrogens (tertiary/aromatic N) is 1. The topological polar surface area (TPSA) is 38.9 Å². The van der Waals surface area contributed by atoms with Gasteiger partial charge in [0, 0.05) is 10.8 Å². The third-order valence-corrected chi connectivity index (χ3v) is 5.12. The summed E-state index contributed by atoms with van der Waals surface area (Å²) in [5.41, 5.74) is 8.04. The Kier molecular flexibility index (Phi) is 3.12. The van der Waals surface area contributed by atoms with Gasteiger partial charge >= 0.3 is 0 Å². The van der Waals surface area contributed by atoms with Crippen LogP contribution in [0.15, 0.2) is 23.6 Å². The third-order valence-electron chi connectivity index (χ3n) is 3.66. The van der Waals surface area contributed by atoms with E-state index in [4.69, 9.17) is 17.3 Å². The molecule has 2 nitrogen and oxygen atoms in total. The van der Waals surface area contributed by atoms with E-state index in [1.807, 2.05) is 5.38 Å². The van der Waals surface area contributed by atoms with Crippen LogP contribution in [0.1, 0.15) is 42.1 Å². The fourth-order valence-electron chi connectivity index (χ4n) is 1.98. The first-order chi connectivity index (χ1) is 8.99. The molecule has 0 amide bonds. The lowest BCUT2D eigenvalue weighted by molar-refractivity contribution is 0.626. The number of aromatic nitrogens is 1. The highest BCUT2D eigenvalue weighted by atomic mass is 35.5. The van der Waals surface area contributed by atoms with Crippen molar-refractivity contribution in [3.05, 3.63) is 50.7 Å². The van der Waals surface area contributed by atoms with Gasteiger partial charge in [-0.15, -0.1) is 11.3 Å². The molecule has 1 saturated carbocycles.